The first-order valence-electron chi connectivity index (χ1n) is 6.11. The first-order chi connectivity index (χ1) is 9.08. The number of carbonyl (C=O) groups is 1. The van der Waals surface area contributed by atoms with Gasteiger partial charge in [0.25, 0.3) is 5.91 Å². The van der Waals surface area contributed by atoms with Crippen LogP contribution < -0.4 is 5.32 Å². The molecule has 4 nitrogen and oxygen atoms in total. The number of morpholine rings is 1. The highest BCUT2D eigenvalue weighted by atomic mass is 35.5. The predicted molar refractivity (Wildman–Crippen MR) is 71.0 cm³/mol. The van der Waals surface area contributed by atoms with Crippen LogP contribution in [-0.4, -0.2) is 50.2 Å². The molecule has 1 fully saturated rings. The van der Waals surface area contributed by atoms with E-state index in [2.05, 4.69) is 5.32 Å². The van der Waals surface area contributed by atoms with Crippen molar-refractivity contribution in [3.05, 3.63) is 34.6 Å². The normalized spacial score (nSPS) is 19.2. The lowest BCUT2D eigenvalue weighted by Crippen LogP contribution is -2.45. The number of benzene rings is 1. The Bertz CT molecular complexity index is 464. The number of nitrogens with zero attached hydrogens (tertiary/aromatic N) is 1. The van der Waals surface area contributed by atoms with Gasteiger partial charge in [-0.2, -0.15) is 0 Å². The molecule has 19 heavy (non-hydrogen) atoms. The van der Waals surface area contributed by atoms with Gasteiger partial charge in [-0.3, -0.25) is 4.79 Å². The number of likely N-dealkylation sites (N-methyl/N-ethyl adjacent to an activating group) is 1. The van der Waals surface area contributed by atoms with Crippen LogP contribution >= 0.6 is 11.6 Å². The Hall–Kier alpha value is -1.17. The van der Waals surface area contributed by atoms with Crippen molar-refractivity contribution in [2.45, 2.75) is 6.10 Å². The van der Waals surface area contributed by atoms with Crippen LogP contribution in [0.2, 0.25) is 5.02 Å². The molecule has 1 heterocycles. The maximum atomic E-state index is 12.9. The van der Waals surface area contributed by atoms with Crippen LogP contribution in [0.4, 0.5) is 4.39 Å². The minimum atomic E-state index is -0.455. The summed E-state index contributed by atoms with van der Waals surface area (Å²) in [6.07, 6.45) is -0.0260. The van der Waals surface area contributed by atoms with Gasteiger partial charge in [-0.05, 0) is 18.2 Å². The zero-order valence-corrected chi connectivity index (χ0v) is 11.4. The molecule has 0 aromatic heterocycles. The first kappa shape index (κ1) is 14.2. The van der Waals surface area contributed by atoms with Crippen LogP contribution in [0.5, 0.6) is 0 Å². The molecule has 2 rings (SSSR count). The number of ether oxygens (including phenoxy) is 1. The van der Waals surface area contributed by atoms with Crippen LogP contribution in [0.1, 0.15) is 10.4 Å². The van der Waals surface area contributed by atoms with Gasteiger partial charge in [-0.25, -0.2) is 4.39 Å². The molecule has 1 saturated heterocycles. The summed E-state index contributed by atoms with van der Waals surface area (Å²) in [7, 11) is 1.68. The molecule has 0 spiro atoms. The third-order valence-electron chi connectivity index (χ3n) is 2.99. The fourth-order valence-electron chi connectivity index (χ4n) is 1.99. The minimum absolute atomic E-state index is 0.0260. The number of rotatable bonds is 3. The third-order valence-corrected chi connectivity index (χ3v) is 3.30. The maximum Gasteiger partial charge on any atom is 0.255 e. The number of carbonyl (C=O) groups excluding carboxylic acids is 1. The molecular weight excluding hydrogens is 271 g/mol. The lowest BCUT2D eigenvalue weighted by Gasteiger charge is -2.28. The topological polar surface area (TPSA) is 41.6 Å². The SMILES string of the molecule is CN(CC1CNCCO1)C(=O)c1ccc(F)cc1Cl. The van der Waals surface area contributed by atoms with Gasteiger partial charge in [0.1, 0.15) is 5.82 Å². The van der Waals surface area contributed by atoms with Crippen molar-refractivity contribution in [2.24, 2.45) is 0 Å². The van der Waals surface area contributed by atoms with Gasteiger partial charge in [0, 0.05) is 26.7 Å². The van der Waals surface area contributed by atoms with Crippen LogP contribution in [0, 0.1) is 5.82 Å². The van der Waals surface area contributed by atoms with Crippen LogP contribution in [0.15, 0.2) is 18.2 Å². The fraction of sp³-hybridized carbons (Fsp3) is 0.462. The van der Waals surface area contributed by atoms with E-state index >= 15 is 0 Å². The molecule has 0 aliphatic carbocycles. The largest absolute Gasteiger partial charge is 0.374 e. The van der Waals surface area contributed by atoms with Crippen molar-refractivity contribution in [3.8, 4) is 0 Å². The highest BCUT2D eigenvalue weighted by molar-refractivity contribution is 6.33. The first-order valence-corrected chi connectivity index (χ1v) is 6.48. The quantitative estimate of drug-likeness (QED) is 0.916. The van der Waals surface area contributed by atoms with Crippen molar-refractivity contribution >= 4 is 17.5 Å². The Balaban J connectivity index is 2.01. The summed E-state index contributed by atoms with van der Waals surface area (Å²) in [6, 6.07) is 3.77. The Morgan fingerprint density at radius 2 is 2.42 bits per heavy atom. The summed E-state index contributed by atoms with van der Waals surface area (Å²) < 4.78 is 18.5. The second-order valence-corrected chi connectivity index (χ2v) is 4.91. The van der Waals surface area contributed by atoms with Gasteiger partial charge in [0.2, 0.25) is 0 Å². The van der Waals surface area contributed by atoms with Crippen LogP contribution in [0.25, 0.3) is 0 Å². The lowest BCUT2D eigenvalue weighted by atomic mass is 10.2. The zero-order valence-electron chi connectivity index (χ0n) is 10.7. The molecule has 1 aliphatic rings. The number of nitrogens with one attached hydrogen (secondary N) is 1. The molecule has 6 heteroatoms. The van der Waals surface area contributed by atoms with Crippen molar-refractivity contribution < 1.29 is 13.9 Å². The average Bonchev–Trinajstić information content (AvgIpc) is 2.39. The molecule has 1 unspecified atom stereocenters. The molecule has 1 N–H and O–H groups in total. The summed E-state index contributed by atoms with van der Waals surface area (Å²) in [6.45, 7) is 2.66. The van der Waals surface area contributed by atoms with Gasteiger partial charge in [0.15, 0.2) is 0 Å². The minimum Gasteiger partial charge on any atom is -0.374 e. The Labute approximate surface area is 116 Å². The molecular formula is C13H16ClFN2O2. The van der Waals surface area contributed by atoms with E-state index in [-0.39, 0.29) is 17.0 Å². The molecule has 1 amide bonds. The third kappa shape index (κ3) is 3.65. The van der Waals surface area contributed by atoms with Crippen LogP contribution in [-0.2, 0) is 4.74 Å². The highest BCUT2D eigenvalue weighted by Crippen LogP contribution is 2.19. The number of hydrogen-bond acceptors (Lipinski definition) is 3. The second-order valence-electron chi connectivity index (χ2n) is 4.51. The van der Waals surface area contributed by atoms with E-state index in [1.807, 2.05) is 0 Å². The molecule has 0 radical (unpaired) electrons. The molecule has 1 aromatic rings. The maximum absolute atomic E-state index is 12.9. The van der Waals surface area contributed by atoms with E-state index in [1.165, 1.54) is 17.0 Å². The number of halogens is 2. The summed E-state index contributed by atoms with van der Waals surface area (Å²) in [4.78, 5) is 13.7. The second kappa shape index (κ2) is 6.32. The van der Waals surface area contributed by atoms with Crippen LogP contribution in [0.3, 0.4) is 0 Å². The lowest BCUT2D eigenvalue weighted by molar-refractivity contribution is 0.0104. The monoisotopic (exact) mass is 286 g/mol. The zero-order chi connectivity index (χ0) is 13.8. The summed E-state index contributed by atoms with van der Waals surface area (Å²) >= 11 is 5.88. The van der Waals surface area contributed by atoms with Gasteiger partial charge in [-0.1, -0.05) is 11.6 Å². The number of amides is 1. The Morgan fingerprint density at radius 1 is 1.63 bits per heavy atom. The standard InChI is InChI=1S/C13H16ClFN2O2/c1-17(8-10-7-16-4-5-19-10)13(18)11-3-2-9(15)6-12(11)14/h2-3,6,10,16H,4-5,7-8H2,1H3. The highest BCUT2D eigenvalue weighted by Gasteiger charge is 2.21. The van der Waals surface area contributed by atoms with E-state index in [0.29, 0.717) is 18.7 Å². The van der Waals surface area contributed by atoms with Crippen molar-refractivity contribution in [3.63, 3.8) is 0 Å². The molecule has 104 valence electrons. The molecule has 0 bridgehead atoms. The molecule has 0 saturated carbocycles. The molecule has 1 aromatic carbocycles. The molecule has 1 atom stereocenters. The van der Waals surface area contributed by atoms with Crippen molar-refractivity contribution in [2.75, 3.05) is 33.3 Å². The van der Waals surface area contributed by atoms with E-state index in [0.717, 1.165) is 19.2 Å². The molecule has 1 aliphatic heterocycles. The number of hydrogen-bond donors (Lipinski definition) is 1. The smallest absolute Gasteiger partial charge is 0.255 e. The van der Waals surface area contributed by atoms with Gasteiger partial charge >= 0.3 is 0 Å². The Morgan fingerprint density at radius 3 is 3.05 bits per heavy atom. The van der Waals surface area contributed by atoms with E-state index in [9.17, 15) is 9.18 Å². The average molecular weight is 287 g/mol. The van der Waals surface area contributed by atoms with E-state index < -0.39 is 5.82 Å². The van der Waals surface area contributed by atoms with Gasteiger partial charge < -0.3 is 15.0 Å². The van der Waals surface area contributed by atoms with Gasteiger partial charge in [-0.15, -0.1) is 0 Å². The van der Waals surface area contributed by atoms with E-state index in [1.54, 1.807) is 7.05 Å². The van der Waals surface area contributed by atoms with Gasteiger partial charge in [0.05, 0.1) is 23.3 Å². The Kier molecular flexibility index (Phi) is 4.74. The predicted octanol–water partition coefficient (Wildman–Crippen LogP) is 1.54. The fourth-order valence-corrected chi connectivity index (χ4v) is 2.24. The summed E-state index contributed by atoms with van der Waals surface area (Å²) in [5.74, 6) is -0.691. The van der Waals surface area contributed by atoms with Crippen molar-refractivity contribution in [1.82, 2.24) is 10.2 Å². The van der Waals surface area contributed by atoms with E-state index in [4.69, 9.17) is 16.3 Å². The van der Waals surface area contributed by atoms with Crippen molar-refractivity contribution in [1.29, 1.82) is 0 Å². The summed E-state index contributed by atoms with van der Waals surface area (Å²) in [5.41, 5.74) is 0.300. The summed E-state index contributed by atoms with van der Waals surface area (Å²) in [5, 5.41) is 3.32.